The van der Waals surface area contributed by atoms with Crippen molar-refractivity contribution in [3.63, 3.8) is 0 Å². The van der Waals surface area contributed by atoms with Crippen molar-refractivity contribution < 1.29 is 9.90 Å². The molecule has 1 N–H and O–H groups in total. The molecular formula is C11H11ClN2O2S2. The minimum atomic E-state index is -0.841. The fourth-order valence-electron chi connectivity index (χ4n) is 1.47. The zero-order chi connectivity index (χ0) is 13.1. The van der Waals surface area contributed by atoms with Crippen molar-refractivity contribution in [2.45, 2.75) is 18.6 Å². The van der Waals surface area contributed by atoms with Crippen molar-refractivity contribution in [2.24, 2.45) is 0 Å². The third-order valence-electron chi connectivity index (χ3n) is 2.29. The number of hydrogen-bond acceptors (Lipinski definition) is 4. The van der Waals surface area contributed by atoms with Crippen molar-refractivity contribution in [1.29, 1.82) is 0 Å². The lowest BCUT2D eigenvalue weighted by Gasteiger charge is -2.07. The van der Waals surface area contributed by atoms with Gasteiger partial charge in [0.25, 0.3) is 0 Å². The van der Waals surface area contributed by atoms with E-state index in [9.17, 15) is 4.79 Å². The van der Waals surface area contributed by atoms with Crippen molar-refractivity contribution >= 4 is 40.7 Å². The maximum Gasteiger partial charge on any atom is 0.313 e. The first kappa shape index (κ1) is 13.5. The molecule has 0 fully saturated rings. The summed E-state index contributed by atoms with van der Waals surface area (Å²) in [5.74, 6) is -0.826. The minimum Gasteiger partial charge on any atom is -0.481 e. The number of aromatic nitrogens is 2. The Morgan fingerprint density at radius 3 is 3.00 bits per heavy atom. The molecule has 2 rings (SSSR count). The highest BCUT2D eigenvalue weighted by molar-refractivity contribution is 7.99. The number of nitrogens with zero attached hydrogens (tertiary/aromatic N) is 2. The molecular weight excluding hydrogens is 292 g/mol. The van der Waals surface area contributed by atoms with Crippen LogP contribution in [0.2, 0.25) is 4.34 Å². The lowest BCUT2D eigenvalue weighted by Crippen LogP contribution is -2.05. The molecule has 18 heavy (non-hydrogen) atoms. The van der Waals surface area contributed by atoms with Crippen LogP contribution in [0.25, 0.3) is 0 Å². The molecule has 2 aromatic heterocycles. The zero-order valence-corrected chi connectivity index (χ0v) is 12.0. The Bertz CT molecular complexity index is 565. The zero-order valence-electron chi connectivity index (χ0n) is 9.59. The first-order valence-electron chi connectivity index (χ1n) is 5.17. The predicted octanol–water partition coefficient (Wildman–Crippen LogP) is 3.13. The molecule has 7 heteroatoms. The summed E-state index contributed by atoms with van der Waals surface area (Å²) in [7, 11) is 0. The fraction of sp³-hybridized carbons (Fsp3) is 0.273. The summed E-state index contributed by atoms with van der Waals surface area (Å²) in [5.41, 5.74) is 1.01. The fourth-order valence-corrected chi connectivity index (χ4v) is 3.29. The maximum atomic E-state index is 10.6. The highest BCUT2D eigenvalue weighted by Gasteiger charge is 2.11. The molecule has 0 aromatic carbocycles. The van der Waals surface area contributed by atoms with Crippen molar-refractivity contribution in [1.82, 2.24) is 9.55 Å². The molecule has 0 amide bonds. The number of thiophene rings is 1. The van der Waals surface area contributed by atoms with Gasteiger partial charge in [0.15, 0.2) is 5.16 Å². The molecule has 0 aliphatic heterocycles. The van der Waals surface area contributed by atoms with Gasteiger partial charge in [0.2, 0.25) is 0 Å². The van der Waals surface area contributed by atoms with Crippen molar-refractivity contribution in [3.05, 3.63) is 33.2 Å². The number of carboxylic acids is 1. The van der Waals surface area contributed by atoms with Crippen LogP contribution < -0.4 is 0 Å². The molecule has 0 saturated carbocycles. The molecule has 0 aliphatic rings. The van der Waals surface area contributed by atoms with Crippen LogP contribution >= 0.6 is 34.7 Å². The van der Waals surface area contributed by atoms with Crippen molar-refractivity contribution in [3.8, 4) is 0 Å². The van der Waals surface area contributed by atoms with Crippen molar-refractivity contribution in [2.75, 3.05) is 5.75 Å². The Kier molecular flexibility index (Phi) is 4.31. The summed E-state index contributed by atoms with van der Waals surface area (Å²) < 4.78 is 2.75. The van der Waals surface area contributed by atoms with Gasteiger partial charge >= 0.3 is 5.97 Å². The van der Waals surface area contributed by atoms with E-state index in [0.29, 0.717) is 6.54 Å². The summed E-state index contributed by atoms with van der Waals surface area (Å²) in [4.78, 5) is 15.9. The SMILES string of the molecule is Cc1cnc(SCC(=O)O)n1Cc1ccc(Cl)s1. The van der Waals surface area contributed by atoms with Gasteiger partial charge in [-0.3, -0.25) is 4.79 Å². The number of carbonyl (C=O) groups is 1. The monoisotopic (exact) mass is 302 g/mol. The summed E-state index contributed by atoms with van der Waals surface area (Å²) in [6.07, 6.45) is 1.75. The Labute approximate surface area is 118 Å². The van der Waals surface area contributed by atoms with Gasteiger partial charge in [-0.2, -0.15) is 0 Å². The number of imidazole rings is 1. The molecule has 4 nitrogen and oxygen atoms in total. The van der Waals surface area contributed by atoms with Crippen LogP contribution in [-0.2, 0) is 11.3 Å². The number of carboxylic acid groups (broad SMARTS) is 1. The lowest BCUT2D eigenvalue weighted by atomic mass is 10.4. The topological polar surface area (TPSA) is 55.1 Å². The molecule has 0 unspecified atom stereocenters. The normalized spacial score (nSPS) is 10.8. The summed E-state index contributed by atoms with van der Waals surface area (Å²) in [6, 6.07) is 3.83. The molecule has 2 aromatic rings. The molecule has 0 saturated heterocycles. The van der Waals surface area contributed by atoms with Gasteiger partial charge in [-0.15, -0.1) is 11.3 Å². The van der Waals surface area contributed by atoms with E-state index in [1.54, 1.807) is 6.20 Å². The second-order valence-electron chi connectivity index (χ2n) is 3.66. The molecule has 0 aliphatic carbocycles. The molecule has 0 atom stereocenters. The first-order chi connectivity index (χ1) is 8.56. The predicted molar refractivity (Wildman–Crippen MR) is 73.8 cm³/mol. The molecule has 0 spiro atoms. The number of halogens is 1. The minimum absolute atomic E-state index is 0.0155. The average Bonchev–Trinajstić information content (AvgIpc) is 2.85. The molecule has 0 bridgehead atoms. The highest BCUT2D eigenvalue weighted by Crippen LogP contribution is 2.25. The van der Waals surface area contributed by atoms with Gasteiger partial charge in [-0.25, -0.2) is 4.98 Å². The molecule has 0 radical (unpaired) electrons. The lowest BCUT2D eigenvalue weighted by molar-refractivity contribution is -0.133. The van der Waals surface area contributed by atoms with E-state index in [-0.39, 0.29) is 5.75 Å². The Balaban J connectivity index is 2.16. The Hall–Kier alpha value is -0.980. The largest absolute Gasteiger partial charge is 0.481 e. The van der Waals surface area contributed by atoms with Gasteiger partial charge in [0, 0.05) is 16.8 Å². The quantitative estimate of drug-likeness (QED) is 0.862. The number of rotatable bonds is 5. The van der Waals surface area contributed by atoms with Crippen LogP contribution in [0.5, 0.6) is 0 Å². The summed E-state index contributed by atoms with van der Waals surface area (Å²) in [6.45, 7) is 2.62. The van der Waals surface area contributed by atoms with E-state index in [1.807, 2.05) is 23.6 Å². The number of thioether (sulfide) groups is 1. The number of aliphatic carboxylic acids is 1. The van der Waals surface area contributed by atoms with E-state index in [1.165, 1.54) is 23.1 Å². The van der Waals surface area contributed by atoms with Crippen LogP contribution in [-0.4, -0.2) is 26.4 Å². The third-order valence-corrected chi connectivity index (χ3v) is 4.48. The van der Waals surface area contributed by atoms with E-state index < -0.39 is 5.97 Å². The maximum absolute atomic E-state index is 10.6. The Morgan fingerprint density at radius 1 is 1.61 bits per heavy atom. The Morgan fingerprint density at radius 2 is 2.39 bits per heavy atom. The van der Waals surface area contributed by atoms with E-state index in [2.05, 4.69) is 4.98 Å². The van der Waals surface area contributed by atoms with Gasteiger partial charge in [-0.1, -0.05) is 23.4 Å². The van der Waals surface area contributed by atoms with Crippen LogP contribution in [0.15, 0.2) is 23.5 Å². The summed E-state index contributed by atoms with van der Waals surface area (Å²) in [5, 5.41) is 9.41. The standard InChI is InChI=1S/C11H11ClN2O2S2/c1-7-4-13-11(17-6-10(15)16)14(7)5-8-2-3-9(12)18-8/h2-4H,5-6H2,1H3,(H,15,16). The summed E-state index contributed by atoms with van der Waals surface area (Å²) >= 11 is 8.64. The highest BCUT2D eigenvalue weighted by atomic mass is 35.5. The van der Waals surface area contributed by atoms with E-state index >= 15 is 0 Å². The smallest absolute Gasteiger partial charge is 0.313 e. The average molecular weight is 303 g/mol. The van der Waals surface area contributed by atoms with Crippen LogP contribution in [0, 0.1) is 6.92 Å². The number of hydrogen-bond donors (Lipinski definition) is 1. The molecule has 96 valence electrons. The van der Waals surface area contributed by atoms with E-state index in [0.717, 1.165) is 20.1 Å². The number of aryl methyl sites for hydroxylation is 1. The third kappa shape index (κ3) is 3.28. The second-order valence-corrected chi connectivity index (χ2v) is 6.40. The van der Waals surface area contributed by atoms with Crippen LogP contribution in [0.1, 0.15) is 10.6 Å². The van der Waals surface area contributed by atoms with Gasteiger partial charge in [0.1, 0.15) is 0 Å². The molecule has 2 heterocycles. The van der Waals surface area contributed by atoms with Crippen LogP contribution in [0.3, 0.4) is 0 Å². The van der Waals surface area contributed by atoms with Gasteiger partial charge in [0.05, 0.1) is 16.6 Å². The van der Waals surface area contributed by atoms with Gasteiger partial charge < -0.3 is 9.67 Å². The van der Waals surface area contributed by atoms with Gasteiger partial charge in [-0.05, 0) is 19.1 Å². The first-order valence-corrected chi connectivity index (χ1v) is 7.35. The van der Waals surface area contributed by atoms with E-state index in [4.69, 9.17) is 16.7 Å². The van der Waals surface area contributed by atoms with Crippen LogP contribution in [0.4, 0.5) is 0 Å². The second kappa shape index (κ2) is 5.77.